The molecule has 4 fully saturated rings. The number of anilines is 2. The van der Waals surface area contributed by atoms with Gasteiger partial charge in [0.15, 0.2) is 22.9 Å². The zero-order chi connectivity index (χ0) is 48.4. The second kappa shape index (κ2) is 17.9. The molecule has 3 aliphatic heterocycles. The summed E-state index contributed by atoms with van der Waals surface area (Å²) in [5, 5.41) is 36.2. The quantitative estimate of drug-likeness (QED) is 0.0718. The van der Waals surface area contributed by atoms with E-state index in [1.54, 1.807) is 19.1 Å². The fraction of sp³-hybridized carbons (Fsp3) is 0.471. The van der Waals surface area contributed by atoms with Gasteiger partial charge in [-0.05, 0) is 124 Å². The van der Waals surface area contributed by atoms with Crippen LogP contribution in [0.5, 0.6) is 17.2 Å². The number of H-pyrrole nitrogens is 1. The van der Waals surface area contributed by atoms with E-state index in [0.717, 1.165) is 63.6 Å². The third kappa shape index (κ3) is 8.96. The third-order valence-corrected chi connectivity index (χ3v) is 16.9. The Morgan fingerprint density at radius 3 is 2.54 bits per heavy atom. The number of fused-ring (bicyclic) bond motifs is 2. The van der Waals surface area contributed by atoms with Crippen molar-refractivity contribution < 1.29 is 37.1 Å². The number of sulfonamides is 1. The molecule has 2 aromatic heterocycles. The van der Waals surface area contributed by atoms with Gasteiger partial charge >= 0.3 is 0 Å². The third-order valence-electron chi connectivity index (χ3n) is 15.6. The predicted molar refractivity (Wildman–Crippen MR) is 257 cm³/mol. The summed E-state index contributed by atoms with van der Waals surface area (Å²) in [6, 6.07) is 19.6. The number of piperidine rings is 1. The molecule has 4 N–H and O–H groups in total. The number of amides is 1. The van der Waals surface area contributed by atoms with Crippen LogP contribution in [-0.2, 0) is 10.0 Å². The van der Waals surface area contributed by atoms with Gasteiger partial charge in [-0.1, -0.05) is 38.1 Å². The highest BCUT2D eigenvalue weighted by Crippen LogP contribution is 2.54. The SMILES string of the molecule is CC(C)c1ccccc1[C@H]1CCCN1C1CC2(CCN(c3ccc(C(=O)NS(=O)(=O)c4cc5c(c([N+](=O)[O-])c4)N[C@@H](C4CCC(C)(O)CC4)CO5)c(Oc4cc5c(F)c[nH]c5nc4C#N)c3)CC2)C1. The van der Waals surface area contributed by atoms with Crippen molar-refractivity contribution in [2.24, 2.45) is 11.3 Å². The molecular weight excluding hydrogens is 904 g/mol. The number of likely N-dealkylation sites (tertiary alicyclic amines) is 1. The molecule has 1 amide bonds. The Bertz CT molecular complexity index is 2980. The van der Waals surface area contributed by atoms with Crippen LogP contribution in [0.3, 0.4) is 0 Å². The van der Waals surface area contributed by atoms with Crippen molar-refractivity contribution in [3.63, 3.8) is 0 Å². The number of nitro groups is 1. The maximum Gasteiger partial charge on any atom is 0.297 e. The van der Waals surface area contributed by atoms with Gasteiger partial charge in [-0.25, -0.2) is 22.5 Å². The first kappa shape index (κ1) is 46.4. The van der Waals surface area contributed by atoms with Gasteiger partial charge in [0.2, 0.25) is 0 Å². The van der Waals surface area contributed by atoms with E-state index in [0.29, 0.717) is 49.4 Å². The van der Waals surface area contributed by atoms with Gasteiger partial charge in [0, 0.05) is 55.3 Å². The molecule has 2 saturated carbocycles. The van der Waals surface area contributed by atoms with Crippen LogP contribution in [0.25, 0.3) is 11.0 Å². The van der Waals surface area contributed by atoms with E-state index < -0.39 is 42.9 Å². The molecule has 5 aliphatic rings. The normalized spacial score (nSPS) is 23.7. The lowest BCUT2D eigenvalue weighted by atomic mass is 9.59. The average Bonchev–Trinajstić information content (AvgIpc) is 3.96. The number of carbonyl (C=O) groups is 1. The second-order valence-electron chi connectivity index (χ2n) is 20.4. The van der Waals surface area contributed by atoms with Gasteiger partial charge in [-0.2, -0.15) is 5.26 Å². The van der Waals surface area contributed by atoms with Crippen molar-refractivity contribution in [2.45, 2.75) is 120 Å². The maximum atomic E-state index is 14.8. The molecule has 0 unspecified atom stereocenters. The number of nitrogens with zero attached hydrogens (tertiary/aromatic N) is 5. The molecule has 2 atom stereocenters. The van der Waals surface area contributed by atoms with Crippen molar-refractivity contribution in [1.82, 2.24) is 19.6 Å². The maximum absolute atomic E-state index is 14.8. The highest BCUT2D eigenvalue weighted by molar-refractivity contribution is 7.90. The monoisotopic (exact) mass is 960 g/mol. The highest BCUT2D eigenvalue weighted by atomic mass is 32.2. The molecule has 18 heteroatoms. The van der Waals surface area contributed by atoms with E-state index >= 15 is 0 Å². The topological polar surface area (TPSA) is 216 Å². The van der Waals surface area contributed by atoms with Crippen molar-refractivity contribution in [3.05, 3.63) is 105 Å². The summed E-state index contributed by atoms with van der Waals surface area (Å²) < 4.78 is 57.1. The number of aliphatic hydroxyl groups is 1. The number of hydrogen-bond acceptors (Lipinski definition) is 13. The first-order valence-electron chi connectivity index (χ1n) is 24.0. The van der Waals surface area contributed by atoms with Crippen LogP contribution < -0.4 is 24.4 Å². The molecule has 362 valence electrons. The molecule has 0 radical (unpaired) electrons. The summed E-state index contributed by atoms with van der Waals surface area (Å²) in [6.45, 7) is 8.99. The zero-order valence-corrected chi connectivity index (χ0v) is 39.8. The molecule has 0 bridgehead atoms. The summed E-state index contributed by atoms with van der Waals surface area (Å²) in [4.78, 5) is 37.2. The first-order valence-corrected chi connectivity index (χ1v) is 25.5. The van der Waals surface area contributed by atoms with Crippen LogP contribution in [-0.4, -0.2) is 83.1 Å². The number of nitrogens with one attached hydrogen (secondary N) is 3. The fourth-order valence-corrected chi connectivity index (χ4v) is 12.7. The minimum atomic E-state index is -4.78. The molecule has 1 spiro atoms. The fourth-order valence-electron chi connectivity index (χ4n) is 11.7. The summed E-state index contributed by atoms with van der Waals surface area (Å²) in [7, 11) is -4.78. The van der Waals surface area contributed by atoms with Crippen molar-refractivity contribution in [1.29, 1.82) is 5.26 Å². The standard InChI is InChI=1S/C51H57FN8O8S/c1-30(2)35-7-4-5-8-36(35)42-9-6-18-59(42)33-25-51(26-33)16-19-58(20-17-51)32-10-11-37(44(21-32)68-45-24-38-39(52)28-54-48(38)56-40(45)27-53)49(61)57-69(65,66)34-22-43(60(63)64)47-46(23-34)67-29-41(55-47)31-12-14-50(3,62)15-13-31/h4-5,7-8,10-11,21-24,28,30-31,33,41-42,55,62H,6,9,12-20,25-26,29H2,1-3H3,(H,54,56)(H,57,61)/t31?,41-,42-,50?/m1/s1. The van der Waals surface area contributed by atoms with Crippen molar-refractivity contribution >= 4 is 44.0 Å². The number of benzene rings is 3. The van der Waals surface area contributed by atoms with Gasteiger partial charge in [0.05, 0.1) is 32.4 Å². The van der Waals surface area contributed by atoms with Crippen LogP contribution in [0.15, 0.2) is 71.8 Å². The van der Waals surface area contributed by atoms with Crippen molar-refractivity contribution in [2.75, 3.05) is 36.5 Å². The van der Waals surface area contributed by atoms with Crippen LogP contribution in [0.4, 0.5) is 21.5 Å². The van der Waals surface area contributed by atoms with E-state index in [1.807, 2.05) is 6.07 Å². The molecular formula is C51H57FN8O8S. The molecule has 5 aromatic rings. The predicted octanol–water partition coefficient (Wildman–Crippen LogP) is 9.22. The Balaban J connectivity index is 0.884. The summed E-state index contributed by atoms with van der Waals surface area (Å²) in [5.41, 5.74) is 2.21. The molecule has 2 aliphatic carbocycles. The van der Waals surface area contributed by atoms with Crippen molar-refractivity contribution in [3.8, 4) is 23.3 Å². The lowest BCUT2D eigenvalue weighted by Crippen LogP contribution is -2.54. The second-order valence-corrected chi connectivity index (χ2v) is 22.1. The number of nitriles is 1. The Morgan fingerprint density at radius 1 is 1.06 bits per heavy atom. The van der Waals surface area contributed by atoms with E-state index in [1.165, 1.54) is 36.1 Å². The Kier molecular flexibility index (Phi) is 12.1. The van der Waals surface area contributed by atoms with Gasteiger partial charge in [0.1, 0.15) is 29.9 Å². The minimum absolute atomic E-state index is 0.0344. The van der Waals surface area contributed by atoms with Crippen LogP contribution >= 0.6 is 0 Å². The van der Waals surface area contributed by atoms with E-state index in [-0.39, 0.29) is 69.2 Å². The summed E-state index contributed by atoms with van der Waals surface area (Å²) >= 11 is 0. The number of carbonyl (C=O) groups excluding carboxylic acids is 1. The number of nitro benzene ring substituents is 1. The van der Waals surface area contributed by atoms with Crippen LogP contribution in [0.1, 0.15) is 124 Å². The molecule has 5 heterocycles. The van der Waals surface area contributed by atoms with Gasteiger partial charge < -0.3 is 29.8 Å². The smallest absolute Gasteiger partial charge is 0.297 e. The highest BCUT2D eigenvalue weighted by Gasteiger charge is 2.50. The Morgan fingerprint density at radius 2 is 1.81 bits per heavy atom. The van der Waals surface area contributed by atoms with E-state index in [2.05, 4.69) is 67.9 Å². The molecule has 3 aromatic carbocycles. The number of aromatic nitrogens is 2. The van der Waals surface area contributed by atoms with E-state index in [9.17, 15) is 38.1 Å². The molecule has 16 nitrogen and oxygen atoms in total. The Hall–Kier alpha value is -6.29. The number of rotatable bonds is 11. The van der Waals surface area contributed by atoms with Gasteiger partial charge in [-0.3, -0.25) is 19.8 Å². The zero-order valence-electron chi connectivity index (χ0n) is 39.0. The van der Waals surface area contributed by atoms with Gasteiger partial charge in [0.25, 0.3) is 21.6 Å². The Labute approximate surface area is 400 Å². The average molecular weight is 961 g/mol. The first-order chi connectivity index (χ1) is 33.0. The molecule has 10 rings (SSSR count). The lowest BCUT2D eigenvalue weighted by molar-refractivity contribution is -0.384. The van der Waals surface area contributed by atoms with E-state index in [4.69, 9.17) is 9.47 Å². The van der Waals surface area contributed by atoms with Gasteiger partial charge in [-0.15, -0.1) is 0 Å². The summed E-state index contributed by atoms with van der Waals surface area (Å²) in [5.74, 6) is -1.54. The van der Waals surface area contributed by atoms with Crippen LogP contribution in [0, 0.1) is 38.6 Å². The summed E-state index contributed by atoms with van der Waals surface area (Å²) in [6.07, 6.45) is 10.2. The molecule has 2 saturated heterocycles. The lowest BCUT2D eigenvalue weighted by Gasteiger charge is -2.56. The number of hydrogen-bond donors (Lipinski definition) is 4. The number of aromatic amines is 1. The number of halogens is 1. The minimum Gasteiger partial charge on any atom is -0.489 e. The number of pyridine rings is 1. The van der Waals surface area contributed by atoms with Crippen LogP contribution in [0.2, 0.25) is 0 Å². The number of ether oxygens (including phenoxy) is 2. The molecule has 69 heavy (non-hydrogen) atoms. The largest absolute Gasteiger partial charge is 0.489 e.